The molecule has 1 aromatic rings. The van der Waals surface area contributed by atoms with Crippen LogP contribution in [-0.4, -0.2) is 50.1 Å². The largest absolute Gasteiger partial charge is 0.396 e. The number of aliphatic hydroxyl groups excluding tert-OH is 1. The van der Waals surface area contributed by atoms with Crippen LogP contribution in [0.15, 0.2) is 23.2 Å². The molecular formula is C12H21N3O3S. The van der Waals surface area contributed by atoms with E-state index < -0.39 is 10.0 Å². The maximum absolute atomic E-state index is 12.2. The number of sulfonamides is 1. The highest BCUT2D eigenvalue weighted by atomic mass is 32.2. The summed E-state index contributed by atoms with van der Waals surface area (Å²) in [7, 11) is -0.189. The summed E-state index contributed by atoms with van der Waals surface area (Å²) in [6.45, 7) is 0.585. The predicted octanol–water partition coefficient (Wildman–Crippen LogP) is 0.906. The topological polar surface area (TPSA) is 82.5 Å². The SMILES string of the molecule is CNc1ccc(S(=O)(=O)N(C)CCCCCO)cn1. The van der Waals surface area contributed by atoms with Crippen molar-refractivity contribution >= 4 is 15.8 Å². The van der Waals surface area contributed by atoms with Gasteiger partial charge in [-0.25, -0.2) is 17.7 Å². The molecule has 0 radical (unpaired) electrons. The summed E-state index contributed by atoms with van der Waals surface area (Å²) in [5, 5.41) is 11.5. The van der Waals surface area contributed by atoms with Gasteiger partial charge in [0.05, 0.1) is 0 Å². The average Bonchev–Trinajstić information content (AvgIpc) is 2.43. The van der Waals surface area contributed by atoms with Gasteiger partial charge in [0.25, 0.3) is 0 Å². The summed E-state index contributed by atoms with van der Waals surface area (Å²) in [5.41, 5.74) is 0. The lowest BCUT2D eigenvalue weighted by atomic mass is 10.2. The summed E-state index contributed by atoms with van der Waals surface area (Å²) in [6, 6.07) is 3.17. The second kappa shape index (κ2) is 7.42. The first kappa shape index (κ1) is 15.9. The van der Waals surface area contributed by atoms with Crippen LogP contribution in [0.1, 0.15) is 19.3 Å². The number of aromatic nitrogens is 1. The quantitative estimate of drug-likeness (QED) is 0.694. The van der Waals surface area contributed by atoms with E-state index in [9.17, 15) is 8.42 Å². The predicted molar refractivity (Wildman–Crippen MR) is 74.5 cm³/mol. The zero-order chi connectivity index (χ0) is 14.3. The Kier molecular flexibility index (Phi) is 6.20. The van der Waals surface area contributed by atoms with E-state index in [1.165, 1.54) is 10.5 Å². The van der Waals surface area contributed by atoms with Gasteiger partial charge in [0.2, 0.25) is 10.0 Å². The number of aliphatic hydroxyl groups is 1. The average molecular weight is 287 g/mol. The first-order valence-corrected chi connectivity index (χ1v) is 7.67. The summed E-state index contributed by atoms with van der Waals surface area (Å²) in [5.74, 6) is 0.629. The van der Waals surface area contributed by atoms with Crippen LogP contribution in [0.2, 0.25) is 0 Å². The number of unbranched alkanes of at least 4 members (excludes halogenated alkanes) is 2. The molecule has 0 spiro atoms. The normalized spacial score (nSPS) is 11.8. The third-order valence-electron chi connectivity index (χ3n) is 2.83. The summed E-state index contributed by atoms with van der Waals surface area (Å²) in [4.78, 5) is 4.20. The lowest BCUT2D eigenvalue weighted by molar-refractivity contribution is 0.281. The van der Waals surface area contributed by atoms with Gasteiger partial charge in [-0.3, -0.25) is 0 Å². The third kappa shape index (κ3) is 4.45. The molecule has 7 heteroatoms. The van der Waals surface area contributed by atoms with Gasteiger partial charge >= 0.3 is 0 Å². The standard InChI is InChI=1S/C12H21N3O3S/c1-13-12-7-6-11(10-14-12)19(17,18)15(2)8-4-3-5-9-16/h6-7,10,16H,3-5,8-9H2,1-2H3,(H,13,14). The Morgan fingerprint density at radius 1 is 1.32 bits per heavy atom. The minimum absolute atomic E-state index is 0.145. The van der Waals surface area contributed by atoms with Crippen LogP contribution < -0.4 is 5.32 Å². The van der Waals surface area contributed by atoms with E-state index in [1.54, 1.807) is 26.2 Å². The Hall–Kier alpha value is -1.18. The zero-order valence-corrected chi connectivity index (χ0v) is 12.2. The van der Waals surface area contributed by atoms with Crippen LogP contribution in [0.5, 0.6) is 0 Å². The number of hydrogen-bond acceptors (Lipinski definition) is 5. The van der Waals surface area contributed by atoms with Gasteiger partial charge in [-0.1, -0.05) is 0 Å². The van der Waals surface area contributed by atoms with E-state index in [1.807, 2.05) is 0 Å². The van der Waals surface area contributed by atoms with Crippen molar-refractivity contribution in [2.45, 2.75) is 24.2 Å². The molecule has 0 saturated carbocycles. The monoisotopic (exact) mass is 287 g/mol. The van der Waals surface area contributed by atoms with Crippen LogP contribution >= 0.6 is 0 Å². The molecule has 0 saturated heterocycles. The van der Waals surface area contributed by atoms with Crippen LogP contribution in [0, 0.1) is 0 Å². The molecule has 0 fully saturated rings. The van der Waals surface area contributed by atoms with Gasteiger partial charge in [-0.2, -0.15) is 0 Å². The molecule has 0 aliphatic heterocycles. The highest BCUT2D eigenvalue weighted by Crippen LogP contribution is 2.15. The molecular weight excluding hydrogens is 266 g/mol. The molecule has 0 aliphatic rings. The Labute approximate surface area is 114 Å². The number of anilines is 1. The minimum atomic E-state index is -3.47. The molecule has 108 valence electrons. The van der Waals surface area contributed by atoms with Crippen molar-refractivity contribution in [1.82, 2.24) is 9.29 Å². The molecule has 2 N–H and O–H groups in total. The molecule has 1 aromatic heterocycles. The molecule has 0 unspecified atom stereocenters. The minimum Gasteiger partial charge on any atom is -0.396 e. The molecule has 1 heterocycles. The number of pyridine rings is 1. The molecule has 0 aliphatic carbocycles. The van der Waals surface area contributed by atoms with Crippen molar-refractivity contribution in [2.24, 2.45) is 0 Å². The van der Waals surface area contributed by atoms with Gasteiger partial charge in [-0.15, -0.1) is 0 Å². The van der Waals surface area contributed by atoms with Crippen LogP contribution in [-0.2, 0) is 10.0 Å². The molecule has 6 nitrogen and oxygen atoms in total. The zero-order valence-electron chi connectivity index (χ0n) is 11.3. The number of hydrogen-bond donors (Lipinski definition) is 2. The van der Waals surface area contributed by atoms with Crippen molar-refractivity contribution in [3.8, 4) is 0 Å². The van der Waals surface area contributed by atoms with E-state index in [2.05, 4.69) is 10.3 Å². The van der Waals surface area contributed by atoms with Crippen LogP contribution in [0.25, 0.3) is 0 Å². The number of rotatable bonds is 8. The van der Waals surface area contributed by atoms with Gasteiger partial charge in [0, 0.05) is 33.4 Å². The van der Waals surface area contributed by atoms with Gasteiger partial charge in [0.15, 0.2) is 0 Å². The first-order chi connectivity index (χ1) is 9.02. The Morgan fingerprint density at radius 2 is 2.05 bits per heavy atom. The van der Waals surface area contributed by atoms with Crippen LogP contribution in [0.4, 0.5) is 5.82 Å². The maximum Gasteiger partial charge on any atom is 0.244 e. The van der Waals surface area contributed by atoms with E-state index in [-0.39, 0.29) is 11.5 Å². The van der Waals surface area contributed by atoms with Crippen molar-refractivity contribution in [1.29, 1.82) is 0 Å². The highest BCUT2D eigenvalue weighted by Gasteiger charge is 2.20. The van der Waals surface area contributed by atoms with E-state index >= 15 is 0 Å². The third-order valence-corrected chi connectivity index (χ3v) is 4.67. The van der Waals surface area contributed by atoms with E-state index in [0.29, 0.717) is 18.8 Å². The van der Waals surface area contributed by atoms with Crippen molar-refractivity contribution in [2.75, 3.05) is 32.6 Å². The van der Waals surface area contributed by atoms with Gasteiger partial charge < -0.3 is 10.4 Å². The summed E-state index contributed by atoms with van der Waals surface area (Å²) < 4.78 is 25.7. The lowest BCUT2D eigenvalue weighted by Gasteiger charge is -2.16. The fraction of sp³-hybridized carbons (Fsp3) is 0.583. The molecule has 0 atom stereocenters. The molecule has 0 bridgehead atoms. The Morgan fingerprint density at radius 3 is 2.58 bits per heavy atom. The molecule has 0 aromatic carbocycles. The lowest BCUT2D eigenvalue weighted by Crippen LogP contribution is -2.28. The van der Waals surface area contributed by atoms with Crippen molar-refractivity contribution < 1.29 is 13.5 Å². The van der Waals surface area contributed by atoms with Crippen molar-refractivity contribution in [3.05, 3.63) is 18.3 Å². The molecule has 1 rings (SSSR count). The smallest absolute Gasteiger partial charge is 0.244 e. The highest BCUT2D eigenvalue weighted by molar-refractivity contribution is 7.89. The van der Waals surface area contributed by atoms with E-state index in [0.717, 1.165) is 12.8 Å². The summed E-state index contributed by atoms with van der Waals surface area (Å²) in [6.07, 6.45) is 3.60. The maximum atomic E-state index is 12.2. The Balaban J connectivity index is 2.67. The fourth-order valence-electron chi connectivity index (χ4n) is 1.60. The van der Waals surface area contributed by atoms with Crippen LogP contribution in [0.3, 0.4) is 0 Å². The number of nitrogens with zero attached hydrogens (tertiary/aromatic N) is 2. The first-order valence-electron chi connectivity index (χ1n) is 6.23. The second-order valence-electron chi connectivity index (χ2n) is 4.24. The molecule has 19 heavy (non-hydrogen) atoms. The number of nitrogens with one attached hydrogen (secondary N) is 1. The Bertz CT molecular complexity index is 473. The van der Waals surface area contributed by atoms with Gasteiger partial charge in [0.1, 0.15) is 10.7 Å². The van der Waals surface area contributed by atoms with Crippen molar-refractivity contribution in [3.63, 3.8) is 0 Å². The van der Waals surface area contributed by atoms with E-state index in [4.69, 9.17) is 5.11 Å². The summed E-state index contributed by atoms with van der Waals surface area (Å²) >= 11 is 0. The fourth-order valence-corrected chi connectivity index (χ4v) is 2.76. The molecule has 0 amide bonds. The van der Waals surface area contributed by atoms with Gasteiger partial charge in [-0.05, 0) is 31.4 Å². The second-order valence-corrected chi connectivity index (χ2v) is 6.28.